The fourth-order valence-corrected chi connectivity index (χ4v) is 1.40. The van der Waals surface area contributed by atoms with E-state index in [0.717, 1.165) is 25.0 Å². The van der Waals surface area contributed by atoms with Gasteiger partial charge in [-0.3, -0.25) is 9.48 Å². The predicted molar refractivity (Wildman–Crippen MR) is 47.1 cm³/mol. The standard InChI is InChI=1S/C9H13N3O/c1-12-8(6-10-11-12)4-5-9(13)7-2-3-7/h6-7H,2-5H2,1H3. The minimum absolute atomic E-state index is 0.376. The predicted octanol–water partition coefficient (Wildman–Crippen LogP) is 0.727. The summed E-state index contributed by atoms with van der Waals surface area (Å²) in [6.45, 7) is 0. The van der Waals surface area contributed by atoms with Gasteiger partial charge in [0.2, 0.25) is 0 Å². The maximum atomic E-state index is 11.4. The molecule has 1 heterocycles. The summed E-state index contributed by atoms with van der Waals surface area (Å²) in [4.78, 5) is 11.4. The topological polar surface area (TPSA) is 47.8 Å². The number of rotatable bonds is 4. The zero-order chi connectivity index (χ0) is 9.26. The van der Waals surface area contributed by atoms with Crippen molar-refractivity contribution in [3.63, 3.8) is 0 Å². The highest BCUT2D eigenvalue weighted by Gasteiger charge is 2.28. The van der Waals surface area contributed by atoms with Crippen LogP contribution in [-0.2, 0) is 18.3 Å². The molecule has 1 aromatic heterocycles. The Morgan fingerprint density at radius 1 is 1.69 bits per heavy atom. The molecule has 1 saturated carbocycles. The normalized spacial score (nSPS) is 16.1. The van der Waals surface area contributed by atoms with Crippen LogP contribution in [0.5, 0.6) is 0 Å². The summed E-state index contributed by atoms with van der Waals surface area (Å²) in [5, 5.41) is 7.57. The van der Waals surface area contributed by atoms with E-state index in [0.29, 0.717) is 18.1 Å². The lowest BCUT2D eigenvalue weighted by Crippen LogP contribution is -2.05. The van der Waals surface area contributed by atoms with Crippen LogP contribution >= 0.6 is 0 Å². The summed E-state index contributed by atoms with van der Waals surface area (Å²) in [5.74, 6) is 0.780. The van der Waals surface area contributed by atoms with Crippen LogP contribution in [-0.4, -0.2) is 20.8 Å². The Hall–Kier alpha value is -1.19. The second-order valence-corrected chi connectivity index (χ2v) is 3.59. The van der Waals surface area contributed by atoms with Gasteiger partial charge in [0.1, 0.15) is 5.78 Å². The first-order valence-electron chi connectivity index (χ1n) is 4.63. The summed E-state index contributed by atoms with van der Waals surface area (Å²) < 4.78 is 1.72. The van der Waals surface area contributed by atoms with Crippen LogP contribution in [0.2, 0.25) is 0 Å². The fraction of sp³-hybridized carbons (Fsp3) is 0.667. The molecule has 4 nitrogen and oxygen atoms in total. The first-order valence-corrected chi connectivity index (χ1v) is 4.63. The summed E-state index contributed by atoms with van der Waals surface area (Å²) >= 11 is 0. The van der Waals surface area contributed by atoms with Crippen molar-refractivity contribution in [2.45, 2.75) is 25.7 Å². The molecular formula is C9H13N3O. The molecule has 0 aromatic carbocycles. The second kappa shape index (κ2) is 3.28. The summed E-state index contributed by atoms with van der Waals surface area (Å²) in [6, 6.07) is 0. The third-order valence-corrected chi connectivity index (χ3v) is 2.47. The highest BCUT2D eigenvalue weighted by molar-refractivity contribution is 5.83. The lowest BCUT2D eigenvalue weighted by molar-refractivity contribution is -0.120. The first-order chi connectivity index (χ1) is 6.27. The number of aryl methyl sites for hydroxylation is 2. The van der Waals surface area contributed by atoms with E-state index in [1.54, 1.807) is 10.9 Å². The highest BCUT2D eigenvalue weighted by atomic mass is 16.1. The molecule has 13 heavy (non-hydrogen) atoms. The molecule has 0 N–H and O–H groups in total. The summed E-state index contributed by atoms with van der Waals surface area (Å²) in [7, 11) is 1.85. The Morgan fingerprint density at radius 2 is 2.46 bits per heavy atom. The largest absolute Gasteiger partial charge is 0.299 e. The van der Waals surface area contributed by atoms with E-state index in [2.05, 4.69) is 10.3 Å². The van der Waals surface area contributed by atoms with Crippen molar-refractivity contribution in [2.75, 3.05) is 0 Å². The van der Waals surface area contributed by atoms with Crippen molar-refractivity contribution < 1.29 is 4.79 Å². The molecule has 4 heteroatoms. The van der Waals surface area contributed by atoms with Crippen LogP contribution in [0.25, 0.3) is 0 Å². The van der Waals surface area contributed by atoms with Crippen molar-refractivity contribution in [1.82, 2.24) is 15.0 Å². The van der Waals surface area contributed by atoms with Crippen molar-refractivity contribution >= 4 is 5.78 Å². The molecule has 1 aliphatic carbocycles. The molecule has 1 aromatic rings. The number of hydrogen-bond acceptors (Lipinski definition) is 3. The van der Waals surface area contributed by atoms with Crippen LogP contribution in [0.15, 0.2) is 6.20 Å². The van der Waals surface area contributed by atoms with Crippen molar-refractivity contribution in [3.8, 4) is 0 Å². The van der Waals surface area contributed by atoms with Gasteiger partial charge in [-0.25, -0.2) is 0 Å². The molecule has 1 aliphatic rings. The van der Waals surface area contributed by atoms with Crippen LogP contribution < -0.4 is 0 Å². The Balaban J connectivity index is 1.85. The Morgan fingerprint density at radius 3 is 3.00 bits per heavy atom. The molecule has 70 valence electrons. The maximum Gasteiger partial charge on any atom is 0.136 e. The van der Waals surface area contributed by atoms with Crippen LogP contribution in [0, 0.1) is 5.92 Å². The lowest BCUT2D eigenvalue weighted by atomic mass is 10.1. The molecule has 0 amide bonds. The zero-order valence-corrected chi connectivity index (χ0v) is 7.73. The average molecular weight is 179 g/mol. The molecule has 0 unspecified atom stereocenters. The quantitative estimate of drug-likeness (QED) is 0.684. The zero-order valence-electron chi connectivity index (χ0n) is 7.73. The van der Waals surface area contributed by atoms with Gasteiger partial charge in [-0.1, -0.05) is 5.21 Å². The van der Waals surface area contributed by atoms with Gasteiger partial charge in [0.15, 0.2) is 0 Å². The van der Waals surface area contributed by atoms with Gasteiger partial charge < -0.3 is 0 Å². The van der Waals surface area contributed by atoms with Crippen molar-refractivity contribution in [1.29, 1.82) is 0 Å². The number of Topliss-reactive ketones (excluding diaryl/α,β-unsaturated/α-hetero) is 1. The van der Waals surface area contributed by atoms with Gasteiger partial charge in [-0.05, 0) is 19.3 Å². The number of nitrogens with zero attached hydrogens (tertiary/aromatic N) is 3. The molecule has 0 spiro atoms. The van der Waals surface area contributed by atoms with Crippen LogP contribution in [0.3, 0.4) is 0 Å². The third-order valence-electron chi connectivity index (χ3n) is 2.47. The first kappa shape index (κ1) is 8.41. The number of carbonyl (C=O) groups excluding carboxylic acids is 1. The second-order valence-electron chi connectivity index (χ2n) is 3.59. The summed E-state index contributed by atoms with van der Waals surface area (Å²) in [6.07, 6.45) is 5.34. The lowest BCUT2D eigenvalue weighted by Gasteiger charge is -1.98. The van der Waals surface area contributed by atoms with E-state index in [1.165, 1.54) is 0 Å². The molecule has 0 radical (unpaired) electrons. The number of ketones is 1. The van der Waals surface area contributed by atoms with E-state index < -0.39 is 0 Å². The molecule has 0 bridgehead atoms. The Labute approximate surface area is 76.9 Å². The smallest absolute Gasteiger partial charge is 0.136 e. The van der Waals surface area contributed by atoms with Gasteiger partial charge in [0.25, 0.3) is 0 Å². The third kappa shape index (κ3) is 1.94. The number of aromatic nitrogens is 3. The minimum Gasteiger partial charge on any atom is -0.299 e. The van der Waals surface area contributed by atoms with Gasteiger partial charge in [0.05, 0.1) is 11.9 Å². The van der Waals surface area contributed by atoms with E-state index in [1.807, 2.05) is 7.05 Å². The van der Waals surface area contributed by atoms with Gasteiger partial charge in [-0.15, -0.1) is 5.10 Å². The van der Waals surface area contributed by atoms with E-state index in [9.17, 15) is 4.79 Å². The van der Waals surface area contributed by atoms with Crippen molar-refractivity contribution in [3.05, 3.63) is 11.9 Å². The van der Waals surface area contributed by atoms with E-state index in [4.69, 9.17) is 0 Å². The molecule has 0 atom stereocenters. The number of hydrogen-bond donors (Lipinski definition) is 0. The fourth-order valence-electron chi connectivity index (χ4n) is 1.40. The molecule has 2 rings (SSSR count). The maximum absolute atomic E-state index is 11.4. The van der Waals surface area contributed by atoms with Crippen LogP contribution in [0.4, 0.5) is 0 Å². The minimum atomic E-state index is 0.376. The van der Waals surface area contributed by atoms with Gasteiger partial charge in [-0.2, -0.15) is 0 Å². The van der Waals surface area contributed by atoms with Crippen molar-refractivity contribution in [2.24, 2.45) is 13.0 Å². The Bertz CT molecular complexity index is 314. The van der Waals surface area contributed by atoms with Crippen LogP contribution in [0.1, 0.15) is 25.0 Å². The average Bonchev–Trinajstić information content (AvgIpc) is 2.88. The molecule has 0 aliphatic heterocycles. The van der Waals surface area contributed by atoms with Gasteiger partial charge in [0, 0.05) is 19.4 Å². The number of carbonyl (C=O) groups is 1. The summed E-state index contributed by atoms with van der Waals surface area (Å²) in [5.41, 5.74) is 1.04. The SMILES string of the molecule is Cn1nncc1CCC(=O)C1CC1. The highest BCUT2D eigenvalue weighted by Crippen LogP contribution is 2.31. The molecule has 0 saturated heterocycles. The molecular weight excluding hydrogens is 166 g/mol. The van der Waals surface area contributed by atoms with Gasteiger partial charge >= 0.3 is 0 Å². The Kier molecular flexibility index (Phi) is 2.12. The van der Waals surface area contributed by atoms with E-state index in [-0.39, 0.29) is 0 Å². The molecule has 1 fully saturated rings. The van der Waals surface area contributed by atoms with E-state index >= 15 is 0 Å². The monoisotopic (exact) mass is 179 g/mol.